The number of aliphatic carboxylic acids is 1. The maximum absolute atomic E-state index is 11.0. The SMILES string of the molecule is O=C(O)[C@H]1CS[C@@H](c2ccc(-c3cc([N+](=O)[O-])ccc3Cl)o2)N1. The predicted octanol–water partition coefficient (Wildman–Crippen LogP) is 3.30. The normalized spacial score (nSPS) is 20.6. The lowest BCUT2D eigenvalue weighted by Crippen LogP contribution is -2.33. The van der Waals surface area contributed by atoms with Crippen LogP contribution >= 0.6 is 23.4 Å². The van der Waals surface area contributed by atoms with Gasteiger partial charge in [0.1, 0.15) is 22.9 Å². The third-order valence-electron chi connectivity index (χ3n) is 3.39. The molecule has 0 radical (unpaired) electrons. The van der Waals surface area contributed by atoms with Gasteiger partial charge in [-0.1, -0.05) is 11.6 Å². The number of nitrogens with zero attached hydrogens (tertiary/aromatic N) is 1. The van der Waals surface area contributed by atoms with Crippen molar-refractivity contribution in [2.45, 2.75) is 11.4 Å². The van der Waals surface area contributed by atoms with Crippen molar-refractivity contribution < 1.29 is 19.2 Å². The van der Waals surface area contributed by atoms with E-state index in [1.54, 1.807) is 12.1 Å². The number of carbonyl (C=O) groups is 1. The Hall–Kier alpha value is -2.03. The highest BCUT2D eigenvalue weighted by Crippen LogP contribution is 2.38. The summed E-state index contributed by atoms with van der Waals surface area (Å²) >= 11 is 7.51. The molecule has 0 spiro atoms. The van der Waals surface area contributed by atoms with Crippen LogP contribution in [0.2, 0.25) is 5.02 Å². The lowest BCUT2D eigenvalue weighted by Gasteiger charge is -2.08. The minimum Gasteiger partial charge on any atom is -0.480 e. The number of rotatable bonds is 4. The molecule has 1 aromatic heterocycles. The molecule has 2 N–H and O–H groups in total. The standard InChI is InChI=1S/C14H11ClN2O5S/c15-9-2-1-7(17(20)21)5-8(9)11-3-4-12(22-11)13-16-10(6-23-13)14(18)19/h1-5,10,13,16H,6H2,(H,18,19)/t10-,13+/m1/s1. The van der Waals surface area contributed by atoms with E-state index in [-0.39, 0.29) is 11.1 Å². The maximum Gasteiger partial charge on any atom is 0.321 e. The van der Waals surface area contributed by atoms with Crippen LogP contribution in [0.3, 0.4) is 0 Å². The van der Waals surface area contributed by atoms with Gasteiger partial charge in [0.15, 0.2) is 0 Å². The number of furan rings is 1. The first kappa shape index (κ1) is 15.9. The van der Waals surface area contributed by atoms with Crippen molar-refractivity contribution in [1.82, 2.24) is 5.32 Å². The van der Waals surface area contributed by atoms with E-state index >= 15 is 0 Å². The van der Waals surface area contributed by atoms with Gasteiger partial charge in [-0.3, -0.25) is 20.2 Å². The number of nitro benzene ring substituents is 1. The fraction of sp³-hybridized carbons (Fsp3) is 0.214. The molecule has 23 heavy (non-hydrogen) atoms. The lowest BCUT2D eigenvalue weighted by molar-refractivity contribution is -0.384. The fourth-order valence-corrected chi connectivity index (χ4v) is 3.62. The summed E-state index contributed by atoms with van der Waals surface area (Å²) in [6.45, 7) is 0. The Kier molecular flexibility index (Phi) is 4.29. The first-order valence-corrected chi connectivity index (χ1v) is 8.03. The Morgan fingerprint density at radius 2 is 2.22 bits per heavy atom. The first-order valence-electron chi connectivity index (χ1n) is 6.60. The van der Waals surface area contributed by atoms with E-state index in [9.17, 15) is 14.9 Å². The highest BCUT2D eigenvalue weighted by Gasteiger charge is 2.32. The number of thioether (sulfide) groups is 1. The highest BCUT2D eigenvalue weighted by atomic mass is 35.5. The molecule has 1 saturated heterocycles. The molecule has 0 unspecified atom stereocenters. The van der Waals surface area contributed by atoms with Gasteiger partial charge in [0, 0.05) is 23.4 Å². The number of halogens is 1. The third kappa shape index (κ3) is 3.19. The van der Waals surface area contributed by atoms with Gasteiger partial charge in [-0.15, -0.1) is 11.8 Å². The molecule has 2 aromatic rings. The monoisotopic (exact) mass is 354 g/mol. The van der Waals surface area contributed by atoms with Crippen molar-refractivity contribution in [2.24, 2.45) is 0 Å². The maximum atomic E-state index is 11.0. The van der Waals surface area contributed by atoms with E-state index in [1.807, 2.05) is 0 Å². The summed E-state index contributed by atoms with van der Waals surface area (Å²) in [5, 5.41) is 22.9. The van der Waals surface area contributed by atoms with Gasteiger partial charge in [-0.25, -0.2) is 0 Å². The van der Waals surface area contributed by atoms with Gasteiger partial charge in [0.25, 0.3) is 5.69 Å². The number of carboxylic acid groups (broad SMARTS) is 1. The second kappa shape index (κ2) is 6.23. The molecule has 0 saturated carbocycles. The molecular weight excluding hydrogens is 344 g/mol. The molecule has 1 aliphatic heterocycles. The molecule has 1 aliphatic rings. The van der Waals surface area contributed by atoms with Crippen LogP contribution in [0.15, 0.2) is 34.7 Å². The van der Waals surface area contributed by atoms with Gasteiger partial charge in [0.05, 0.1) is 9.95 Å². The zero-order chi connectivity index (χ0) is 16.6. The van der Waals surface area contributed by atoms with E-state index < -0.39 is 16.9 Å². The molecule has 3 rings (SSSR count). The average Bonchev–Trinajstić information content (AvgIpc) is 3.16. The summed E-state index contributed by atoms with van der Waals surface area (Å²) in [4.78, 5) is 21.3. The second-order valence-corrected chi connectivity index (χ2v) is 6.44. The van der Waals surface area contributed by atoms with Crippen LogP contribution < -0.4 is 5.32 Å². The third-order valence-corrected chi connectivity index (χ3v) is 4.95. The topological polar surface area (TPSA) is 106 Å². The Morgan fingerprint density at radius 1 is 1.43 bits per heavy atom. The van der Waals surface area contributed by atoms with Crippen molar-refractivity contribution >= 4 is 35.0 Å². The number of benzene rings is 1. The predicted molar refractivity (Wildman–Crippen MR) is 85.6 cm³/mol. The van der Waals surface area contributed by atoms with Crippen molar-refractivity contribution in [3.8, 4) is 11.3 Å². The number of carboxylic acids is 1. The van der Waals surface area contributed by atoms with E-state index in [0.29, 0.717) is 27.9 Å². The molecule has 0 amide bonds. The molecule has 2 heterocycles. The molecule has 1 fully saturated rings. The molecule has 0 bridgehead atoms. The lowest BCUT2D eigenvalue weighted by atomic mass is 10.1. The molecule has 0 aliphatic carbocycles. The Bertz CT molecular complexity index is 778. The van der Waals surface area contributed by atoms with Gasteiger partial charge in [-0.05, 0) is 18.2 Å². The van der Waals surface area contributed by atoms with Crippen molar-refractivity contribution in [3.63, 3.8) is 0 Å². The molecular formula is C14H11ClN2O5S. The highest BCUT2D eigenvalue weighted by molar-refractivity contribution is 7.99. The first-order chi connectivity index (χ1) is 11.0. The van der Waals surface area contributed by atoms with E-state index in [0.717, 1.165) is 0 Å². The zero-order valence-electron chi connectivity index (χ0n) is 11.6. The Balaban J connectivity index is 1.87. The van der Waals surface area contributed by atoms with Gasteiger partial charge in [0.2, 0.25) is 0 Å². The Morgan fingerprint density at radius 3 is 2.87 bits per heavy atom. The van der Waals surface area contributed by atoms with Crippen LogP contribution in [0.4, 0.5) is 5.69 Å². The van der Waals surface area contributed by atoms with E-state index in [1.165, 1.54) is 30.0 Å². The Labute approximate surface area is 139 Å². The number of nitro groups is 1. The van der Waals surface area contributed by atoms with Gasteiger partial charge >= 0.3 is 5.97 Å². The summed E-state index contributed by atoms with van der Waals surface area (Å²) in [5.74, 6) is 0.479. The number of nitrogens with one attached hydrogen (secondary N) is 1. The molecule has 7 nitrogen and oxygen atoms in total. The van der Waals surface area contributed by atoms with Crippen molar-refractivity contribution in [1.29, 1.82) is 0 Å². The average molecular weight is 355 g/mol. The van der Waals surface area contributed by atoms with Crippen molar-refractivity contribution in [2.75, 3.05) is 5.75 Å². The zero-order valence-corrected chi connectivity index (χ0v) is 13.1. The fourth-order valence-electron chi connectivity index (χ4n) is 2.23. The minimum atomic E-state index is -0.909. The van der Waals surface area contributed by atoms with E-state index in [2.05, 4.69) is 5.32 Å². The van der Waals surface area contributed by atoms with Crippen LogP contribution in [-0.4, -0.2) is 27.8 Å². The van der Waals surface area contributed by atoms with Gasteiger partial charge < -0.3 is 9.52 Å². The second-order valence-electron chi connectivity index (χ2n) is 4.89. The van der Waals surface area contributed by atoms with Gasteiger partial charge in [-0.2, -0.15) is 0 Å². The summed E-state index contributed by atoms with van der Waals surface area (Å²) in [6.07, 6.45) is 0. The summed E-state index contributed by atoms with van der Waals surface area (Å²) in [6, 6.07) is 6.86. The molecule has 9 heteroatoms. The van der Waals surface area contributed by atoms with Crippen LogP contribution in [0, 0.1) is 10.1 Å². The quantitative estimate of drug-likeness (QED) is 0.641. The van der Waals surface area contributed by atoms with Crippen molar-refractivity contribution in [3.05, 3.63) is 51.2 Å². The largest absolute Gasteiger partial charge is 0.480 e. The molecule has 1 aromatic carbocycles. The summed E-state index contributed by atoms with van der Waals surface area (Å²) < 4.78 is 5.71. The number of hydrogen-bond acceptors (Lipinski definition) is 6. The number of hydrogen-bond donors (Lipinski definition) is 2. The number of non-ortho nitro benzene ring substituents is 1. The summed E-state index contributed by atoms with van der Waals surface area (Å²) in [7, 11) is 0. The minimum absolute atomic E-state index is 0.0818. The van der Waals surface area contributed by atoms with Crippen LogP contribution in [0.1, 0.15) is 11.1 Å². The van der Waals surface area contributed by atoms with Crippen LogP contribution in [0.25, 0.3) is 11.3 Å². The smallest absolute Gasteiger partial charge is 0.321 e. The van der Waals surface area contributed by atoms with Crippen LogP contribution in [-0.2, 0) is 4.79 Å². The molecule has 120 valence electrons. The summed E-state index contributed by atoms with van der Waals surface area (Å²) in [5.41, 5.74) is 0.339. The molecule has 2 atom stereocenters. The van der Waals surface area contributed by atoms with Crippen LogP contribution in [0.5, 0.6) is 0 Å². The van der Waals surface area contributed by atoms with E-state index in [4.69, 9.17) is 21.1 Å².